The van der Waals surface area contributed by atoms with Gasteiger partial charge in [-0.3, -0.25) is 0 Å². The molecule has 0 amide bonds. The highest BCUT2D eigenvalue weighted by atomic mass is 35.5. The second-order valence-electron chi connectivity index (χ2n) is 6.88. The predicted octanol–water partition coefficient (Wildman–Crippen LogP) is 3.82. The Balaban J connectivity index is 0.00000225. The van der Waals surface area contributed by atoms with E-state index >= 15 is 0 Å². The Morgan fingerprint density at radius 1 is 1.32 bits per heavy atom. The lowest BCUT2D eigenvalue weighted by atomic mass is 9.78. The minimum Gasteiger partial charge on any atom is -0.496 e. The molecule has 1 aromatic heterocycles. The quantitative estimate of drug-likeness (QED) is 0.843. The molecule has 1 atom stereocenters. The third-order valence-electron chi connectivity index (χ3n) is 5.28. The molecule has 2 aromatic rings. The molecular weight excluding hydrogens is 338 g/mol. The van der Waals surface area contributed by atoms with Crippen molar-refractivity contribution in [2.75, 3.05) is 14.2 Å². The monoisotopic (exact) mass is 365 g/mol. The molecule has 1 saturated carbocycles. The smallest absolute Gasteiger partial charge is 0.237 e. The van der Waals surface area contributed by atoms with Gasteiger partial charge in [0.2, 0.25) is 5.89 Å². The summed E-state index contributed by atoms with van der Waals surface area (Å²) >= 11 is 0. The van der Waals surface area contributed by atoms with Gasteiger partial charge in [0, 0.05) is 12.5 Å². The van der Waals surface area contributed by atoms with Crippen LogP contribution in [0.4, 0.5) is 0 Å². The Hall–Kier alpha value is -1.59. The van der Waals surface area contributed by atoms with Gasteiger partial charge in [-0.2, -0.15) is 4.98 Å². The van der Waals surface area contributed by atoms with Gasteiger partial charge < -0.3 is 14.6 Å². The van der Waals surface area contributed by atoms with Crippen LogP contribution in [0.3, 0.4) is 0 Å². The number of methoxy groups -OCH3 is 1. The van der Waals surface area contributed by atoms with E-state index in [2.05, 4.69) is 42.5 Å². The van der Waals surface area contributed by atoms with Crippen molar-refractivity contribution in [3.05, 3.63) is 41.0 Å². The molecule has 5 nitrogen and oxygen atoms in total. The van der Waals surface area contributed by atoms with E-state index in [9.17, 15) is 0 Å². The molecule has 0 radical (unpaired) electrons. The number of ether oxygens (including phenoxy) is 1. The number of hydrogen-bond acceptors (Lipinski definition) is 5. The van der Waals surface area contributed by atoms with E-state index in [1.165, 1.54) is 18.4 Å². The Labute approximate surface area is 155 Å². The standard InChI is InChI=1S/C19H27N3O2.ClH/c1-13-7-8-15(12-16(13)23-4)19(9-5-6-10-19)18-21-17(22-24-18)11-14(2)20-3;/h7-8,12,14,20H,5-6,9-11H2,1-4H3;1H. The van der Waals surface area contributed by atoms with Crippen LogP contribution in [-0.4, -0.2) is 30.3 Å². The molecule has 25 heavy (non-hydrogen) atoms. The molecule has 1 unspecified atom stereocenters. The third kappa shape index (κ3) is 3.82. The molecule has 0 spiro atoms. The van der Waals surface area contributed by atoms with E-state index in [1.54, 1.807) is 7.11 Å². The number of aryl methyl sites for hydroxylation is 1. The summed E-state index contributed by atoms with van der Waals surface area (Å²) in [5, 5.41) is 7.44. The van der Waals surface area contributed by atoms with Crippen molar-refractivity contribution < 1.29 is 9.26 Å². The normalized spacial score (nSPS) is 17.1. The molecule has 138 valence electrons. The molecule has 1 aliphatic rings. The maximum absolute atomic E-state index is 5.73. The van der Waals surface area contributed by atoms with Crippen molar-refractivity contribution in [3.63, 3.8) is 0 Å². The van der Waals surface area contributed by atoms with Crippen LogP contribution in [-0.2, 0) is 11.8 Å². The molecule has 1 heterocycles. The lowest BCUT2D eigenvalue weighted by molar-refractivity contribution is 0.307. The van der Waals surface area contributed by atoms with E-state index in [4.69, 9.17) is 14.2 Å². The topological polar surface area (TPSA) is 60.2 Å². The van der Waals surface area contributed by atoms with Crippen LogP contribution in [0.5, 0.6) is 5.75 Å². The van der Waals surface area contributed by atoms with Crippen molar-refractivity contribution in [3.8, 4) is 5.75 Å². The third-order valence-corrected chi connectivity index (χ3v) is 5.28. The highest BCUT2D eigenvalue weighted by Crippen LogP contribution is 2.46. The van der Waals surface area contributed by atoms with Crippen LogP contribution in [0.2, 0.25) is 0 Å². The first-order chi connectivity index (χ1) is 11.6. The van der Waals surface area contributed by atoms with Crippen LogP contribution in [0.1, 0.15) is 55.4 Å². The molecule has 0 bridgehead atoms. The largest absolute Gasteiger partial charge is 0.496 e. The van der Waals surface area contributed by atoms with Gasteiger partial charge >= 0.3 is 0 Å². The van der Waals surface area contributed by atoms with Crippen LogP contribution < -0.4 is 10.1 Å². The van der Waals surface area contributed by atoms with E-state index in [0.717, 1.165) is 42.3 Å². The van der Waals surface area contributed by atoms with Crippen LogP contribution in [0.15, 0.2) is 22.7 Å². The van der Waals surface area contributed by atoms with Gasteiger partial charge in [-0.25, -0.2) is 0 Å². The molecule has 0 aliphatic heterocycles. The molecule has 1 aromatic carbocycles. The summed E-state index contributed by atoms with van der Waals surface area (Å²) in [5.41, 5.74) is 2.19. The summed E-state index contributed by atoms with van der Waals surface area (Å²) in [6, 6.07) is 6.77. The van der Waals surface area contributed by atoms with E-state index in [0.29, 0.717) is 6.04 Å². The van der Waals surface area contributed by atoms with Gasteiger partial charge in [0.1, 0.15) is 5.75 Å². The summed E-state index contributed by atoms with van der Waals surface area (Å²) in [4.78, 5) is 4.75. The van der Waals surface area contributed by atoms with Gasteiger partial charge in [0.25, 0.3) is 0 Å². The maximum Gasteiger partial charge on any atom is 0.237 e. The number of likely N-dealkylation sites (N-methyl/N-ethyl adjacent to an activating group) is 1. The Morgan fingerprint density at radius 3 is 2.68 bits per heavy atom. The van der Waals surface area contributed by atoms with E-state index < -0.39 is 0 Å². The lowest BCUT2D eigenvalue weighted by Gasteiger charge is -2.26. The first-order valence-electron chi connectivity index (χ1n) is 8.74. The Bertz CT molecular complexity index is 696. The van der Waals surface area contributed by atoms with E-state index in [1.807, 2.05) is 7.05 Å². The van der Waals surface area contributed by atoms with Gasteiger partial charge in [-0.1, -0.05) is 30.1 Å². The zero-order chi connectivity index (χ0) is 17.2. The highest BCUT2D eigenvalue weighted by molar-refractivity contribution is 5.85. The predicted molar refractivity (Wildman–Crippen MR) is 101 cm³/mol. The number of halogens is 1. The lowest BCUT2D eigenvalue weighted by Crippen LogP contribution is -2.26. The van der Waals surface area contributed by atoms with Crippen molar-refractivity contribution in [1.29, 1.82) is 0 Å². The molecular formula is C19H28ClN3O2. The minimum atomic E-state index is -0.172. The average molecular weight is 366 g/mol. The van der Waals surface area contributed by atoms with Crippen molar-refractivity contribution in [2.45, 2.75) is 57.4 Å². The van der Waals surface area contributed by atoms with Crippen LogP contribution in [0.25, 0.3) is 0 Å². The zero-order valence-corrected chi connectivity index (χ0v) is 16.3. The molecule has 1 aliphatic carbocycles. The number of nitrogens with one attached hydrogen (secondary N) is 1. The number of nitrogens with zero attached hydrogens (tertiary/aromatic N) is 2. The van der Waals surface area contributed by atoms with Gasteiger partial charge in [0.15, 0.2) is 5.82 Å². The summed E-state index contributed by atoms with van der Waals surface area (Å²) in [7, 11) is 3.67. The minimum absolute atomic E-state index is 0. The van der Waals surface area contributed by atoms with Crippen molar-refractivity contribution >= 4 is 12.4 Å². The van der Waals surface area contributed by atoms with E-state index in [-0.39, 0.29) is 17.8 Å². The fraction of sp³-hybridized carbons (Fsp3) is 0.579. The second-order valence-corrected chi connectivity index (χ2v) is 6.88. The van der Waals surface area contributed by atoms with Crippen molar-refractivity contribution in [1.82, 2.24) is 15.5 Å². The SMILES string of the molecule is CNC(C)Cc1noc(C2(c3ccc(C)c(OC)c3)CCCC2)n1.Cl. The summed E-state index contributed by atoms with van der Waals surface area (Å²) in [6.07, 6.45) is 5.22. The van der Waals surface area contributed by atoms with Crippen LogP contribution >= 0.6 is 12.4 Å². The first kappa shape index (κ1) is 19.7. The van der Waals surface area contributed by atoms with Gasteiger partial charge in [0.05, 0.1) is 12.5 Å². The Kier molecular flexibility index (Phi) is 6.47. The summed E-state index contributed by atoms with van der Waals surface area (Å²) in [6.45, 7) is 4.18. The first-order valence-corrected chi connectivity index (χ1v) is 8.74. The molecule has 1 N–H and O–H groups in total. The summed E-state index contributed by atoms with van der Waals surface area (Å²) < 4.78 is 11.2. The molecule has 6 heteroatoms. The molecule has 1 fully saturated rings. The number of rotatable bonds is 6. The zero-order valence-electron chi connectivity index (χ0n) is 15.5. The average Bonchev–Trinajstić information content (AvgIpc) is 3.25. The molecule has 0 saturated heterocycles. The highest BCUT2D eigenvalue weighted by Gasteiger charge is 2.42. The van der Waals surface area contributed by atoms with Crippen molar-refractivity contribution in [2.24, 2.45) is 0 Å². The van der Waals surface area contributed by atoms with Gasteiger partial charge in [-0.15, -0.1) is 12.4 Å². The fourth-order valence-electron chi connectivity index (χ4n) is 3.63. The number of benzene rings is 1. The second kappa shape index (κ2) is 8.19. The Morgan fingerprint density at radius 2 is 2.04 bits per heavy atom. The fourth-order valence-corrected chi connectivity index (χ4v) is 3.63. The molecule has 3 rings (SSSR count). The number of aromatic nitrogens is 2. The van der Waals surface area contributed by atoms with Gasteiger partial charge in [-0.05, 0) is 50.9 Å². The number of hydrogen-bond donors (Lipinski definition) is 1. The van der Waals surface area contributed by atoms with Crippen LogP contribution in [0, 0.1) is 6.92 Å². The maximum atomic E-state index is 5.73. The summed E-state index contributed by atoms with van der Waals surface area (Å²) in [5.74, 6) is 2.45.